The van der Waals surface area contributed by atoms with Gasteiger partial charge in [-0.2, -0.15) is 13.2 Å². The minimum absolute atomic E-state index is 0.139. The number of anilines is 2. The van der Waals surface area contributed by atoms with Crippen molar-refractivity contribution in [2.24, 2.45) is 5.73 Å². The molecule has 168 valence electrons. The lowest BCUT2D eigenvalue weighted by atomic mass is 10.1. The maximum atomic E-state index is 14.1. The highest BCUT2D eigenvalue weighted by molar-refractivity contribution is 6.15. The number of alkyl halides is 3. The number of amides is 2. The lowest BCUT2D eigenvalue weighted by Crippen LogP contribution is -2.37. The van der Waals surface area contributed by atoms with Crippen LogP contribution in [0.3, 0.4) is 0 Å². The molecular weight excluding hydrogens is 431 g/mol. The van der Waals surface area contributed by atoms with Crippen molar-refractivity contribution >= 4 is 34.4 Å². The van der Waals surface area contributed by atoms with E-state index in [-0.39, 0.29) is 34.3 Å². The Labute approximate surface area is 179 Å². The van der Waals surface area contributed by atoms with Crippen LogP contribution in [0.15, 0.2) is 12.1 Å². The summed E-state index contributed by atoms with van der Waals surface area (Å²) in [6, 6.07) is 2.97. The fourth-order valence-corrected chi connectivity index (χ4v) is 3.92. The van der Waals surface area contributed by atoms with Crippen molar-refractivity contribution < 1.29 is 32.6 Å². The normalized spacial score (nSPS) is 13.9. The van der Waals surface area contributed by atoms with Crippen LogP contribution in [0.2, 0.25) is 0 Å². The summed E-state index contributed by atoms with van der Waals surface area (Å²) in [6.45, 7) is 2.74. The van der Waals surface area contributed by atoms with Crippen molar-refractivity contribution in [2.75, 3.05) is 24.3 Å². The number of aromatic nitrogens is 2. The maximum absolute atomic E-state index is 14.1. The molecule has 0 atom stereocenters. The molecule has 0 saturated heterocycles. The zero-order valence-corrected chi connectivity index (χ0v) is 17.2. The molecule has 1 aromatic carbocycles. The van der Waals surface area contributed by atoms with Crippen LogP contribution in [0, 0.1) is 13.8 Å². The van der Waals surface area contributed by atoms with Gasteiger partial charge in [0, 0.05) is 18.0 Å². The standard InChI is InChI=1S/C20H18F3N5O4/c1-7-4-5-9(29)8(2)13(7)28-14-11(12(17(28)24)18(25)31)16(20(21,22)23)26-19-15(14)32-6-10(30)27(19)3/h4-5,29H,6,24H2,1-3H3,(H2,25,31). The average molecular weight is 449 g/mol. The molecular formula is C20H18F3N5O4. The van der Waals surface area contributed by atoms with E-state index in [1.54, 1.807) is 19.9 Å². The molecule has 3 heterocycles. The maximum Gasteiger partial charge on any atom is 0.434 e. The van der Waals surface area contributed by atoms with Gasteiger partial charge in [-0.15, -0.1) is 0 Å². The number of aryl methyl sites for hydroxylation is 1. The molecule has 0 radical (unpaired) electrons. The fraction of sp³-hybridized carbons (Fsp3) is 0.250. The number of halogens is 3. The molecule has 12 heteroatoms. The van der Waals surface area contributed by atoms with Gasteiger partial charge in [0.05, 0.1) is 11.3 Å². The number of primary amides is 1. The molecule has 0 saturated carbocycles. The molecule has 5 N–H and O–H groups in total. The summed E-state index contributed by atoms with van der Waals surface area (Å²) >= 11 is 0. The number of phenols is 1. The number of likely N-dealkylation sites (N-methyl/N-ethyl adjacent to an activating group) is 1. The minimum atomic E-state index is -5.01. The molecule has 2 aromatic heterocycles. The Balaban J connectivity index is 2.33. The molecule has 3 aromatic rings. The van der Waals surface area contributed by atoms with Crippen LogP contribution in [0.4, 0.5) is 24.8 Å². The van der Waals surface area contributed by atoms with Gasteiger partial charge < -0.3 is 21.3 Å². The second-order valence-electron chi connectivity index (χ2n) is 7.41. The third-order valence-corrected chi connectivity index (χ3v) is 5.45. The molecule has 1 aliphatic heterocycles. The summed E-state index contributed by atoms with van der Waals surface area (Å²) in [7, 11) is 1.26. The van der Waals surface area contributed by atoms with Gasteiger partial charge in [-0.1, -0.05) is 6.07 Å². The highest BCUT2D eigenvalue weighted by atomic mass is 19.4. The van der Waals surface area contributed by atoms with Crippen LogP contribution in [-0.2, 0) is 11.0 Å². The molecule has 1 aliphatic rings. The highest BCUT2D eigenvalue weighted by Gasteiger charge is 2.42. The van der Waals surface area contributed by atoms with Gasteiger partial charge in [0.15, 0.2) is 23.9 Å². The summed E-state index contributed by atoms with van der Waals surface area (Å²) in [4.78, 5) is 28.9. The third kappa shape index (κ3) is 2.82. The van der Waals surface area contributed by atoms with Crippen LogP contribution < -0.4 is 21.1 Å². The predicted octanol–water partition coefficient (Wildman–Crippen LogP) is 2.40. The van der Waals surface area contributed by atoms with Gasteiger partial charge in [0.25, 0.3) is 11.8 Å². The first-order valence-corrected chi connectivity index (χ1v) is 9.30. The monoisotopic (exact) mass is 449 g/mol. The average Bonchev–Trinajstić information content (AvgIpc) is 2.99. The molecule has 32 heavy (non-hydrogen) atoms. The summed E-state index contributed by atoms with van der Waals surface area (Å²) in [5.41, 5.74) is 10.4. The molecule has 0 bridgehead atoms. The van der Waals surface area contributed by atoms with Gasteiger partial charge in [-0.3, -0.25) is 19.1 Å². The van der Waals surface area contributed by atoms with Gasteiger partial charge in [0.2, 0.25) is 0 Å². The van der Waals surface area contributed by atoms with E-state index in [1.807, 2.05) is 0 Å². The number of nitrogens with two attached hydrogens (primary N) is 2. The summed E-state index contributed by atoms with van der Waals surface area (Å²) < 4.78 is 48.9. The highest BCUT2D eigenvalue weighted by Crippen LogP contribution is 2.48. The topological polar surface area (TPSA) is 137 Å². The number of ether oxygens (including phenoxy) is 1. The zero-order chi connectivity index (χ0) is 23.7. The van der Waals surface area contributed by atoms with E-state index in [1.165, 1.54) is 17.7 Å². The van der Waals surface area contributed by atoms with E-state index in [2.05, 4.69) is 4.98 Å². The lowest BCUT2D eigenvalue weighted by Gasteiger charge is -2.27. The number of benzene rings is 1. The Kier molecular flexibility index (Phi) is 4.50. The fourth-order valence-electron chi connectivity index (χ4n) is 3.92. The summed E-state index contributed by atoms with van der Waals surface area (Å²) in [5, 5.41) is 9.59. The Hall–Kier alpha value is -3.96. The smallest absolute Gasteiger partial charge is 0.434 e. The van der Waals surface area contributed by atoms with Crippen LogP contribution >= 0.6 is 0 Å². The molecule has 0 spiro atoms. The number of phenolic OH excluding ortho intramolecular Hbond substituents is 1. The number of rotatable bonds is 2. The second-order valence-corrected chi connectivity index (χ2v) is 7.41. The number of fused-ring (bicyclic) bond motifs is 3. The van der Waals surface area contributed by atoms with Crippen molar-refractivity contribution in [3.8, 4) is 17.2 Å². The van der Waals surface area contributed by atoms with Gasteiger partial charge in [0.1, 0.15) is 17.1 Å². The molecule has 9 nitrogen and oxygen atoms in total. The Bertz CT molecular complexity index is 1330. The first kappa shape index (κ1) is 21.3. The number of nitrogens with zero attached hydrogens (tertiary/aromatic N) is 3. The van der Waals surface area contributed by atoms with Crippen molar-refractivity contribution in [3.05, 3.63) is 34.5 Å². The Morgan fingerprint density at radius 1 is 1.28 bits per heavy atom. The van der Waals surface area contributed by atoms with E-state index >= 15 is 0 Å². The Morgan fingerprint density at radius 2 is 1.94 bits per heavy atom. The number of carbonyl (C=O) groups is 2. The molecule has 0 aliphatic carbocycles. The molecule has 0 unspecified atom stereocenters. The number of pyridine rings is 1. The quantitative estimate of drug-likeness (QED) is 0.550. The number of nitrogen functional groups attached to an aromatic ring is 1. The van der Waals surface area contributed by atoms with Crippen LogP contribution in [0.5, 0.6) is 11.5 Å². The van der Waals surface area contributed by atoms with E-state index in [4.69, 9.17) is 16.2 Å². The van der Waals surface area contributed by atoms with Crippen LogP contribution in [0.25, 0.3) is 16.6 Å². The number of hydrogen-bond donors (Lipinski definition) is 3. The first-order valence-electron chi connectivity index (χ1n) is 9.30. The summed E-state index contributed by atoms with van der Waals surface area (Å²) in [5.74, 6) is -2.88. The number of aromatic hydroxyl groups is 1. The van der Waals surface area contributed by atoms with E-state index < -0.39 is 41.2 Å². The number of carbonyl (C=O) groups excluding carboxylic acids is 2. The molecule has 0 fully saturated rings. The van der Waals surface area contributed by atoms with Crippen molar-refractivity contribution in [2.45, 2.75) is 20.0 Å². The predicted molar refractivity (Wildman–Crippen MR) is 109 cm³/mol. The van der Waals surface area contributed by atoms with E-state index in [9.17, 15) is 27.9 Å². The van der Waals surface area contributed by atoms with E-state index in [0.717, 1.165) is 4.90 Å². The molecule has 4 rings (SSSR count). The molecule has 2 amide bonds. The van der Waals surface area contributed by atoms with Gasteiger partial charge >= 0.3 is 6.18 Å². The van der Waals surface area contributed by atoms with Crippen LogP contribution in [-0.4, -0.2) is 40.1 Å². The van der Waals surface area contributed by atoms with Crippen LogP contribution in [0.1, 0.15) is 27.2 Å². The van der Waals surface area contributed by atoms with Crippen molar-refractivity contribution in [1.29, 1.82) is 0 Å². The zero-order valence-electron chi connectivity index (χ0n) is 17.2. The van der Waals surface area contributed by atoms with Gasteiger partial charge in [-0.05, 0) is 25.5 Å². The second kappa shape index (κ2) is 6.77. The first-order chi connectivity index (χ1) is 14.9. The summed E-state index contributed by atoms with van der Waals surface area (Å²) in [6.07, 6.45) is -5.01. The van der Waals surface area contributed by atoms with Crippen molar-refractivity contribution in [1.82, 2.24) is 9.55 Å². The number of hydrogen-bond acceptors (Lipinski definition) is 6. The largest absolute Gasteiger partial charge is 0.508 e. The Morgan fingerprint density at radius 3 is 2.53 bits per heavy atom. The SMILES string of the molecule is Cc1ccc(O)c(C)c1-n1c(N)c(C(N)=O)c2c(C(F)(F)F)nc3c(c21)OCC(=O)N3C. The van der Waals surface area contributed by atoms with Gasteiger partial charge in [-0.25, -0.2) is 4.98 Å². The minimum Gasteiger partial charge on any atom is -0.508 e. The lowest BCUT2D eigenvalue weighted by molar-refractivity contribution is -0.140. The third-order valence-electron chi connectivity index (χ3n) is 5.45. The van der Waals surface area contributed by atoms with Crippen molar-refractivity contribution in [3.63, 3.8) is 0 Å². The van der Waals surface area contributed by atoms with E-state index in [0.29, 0.717) is 11.1 Å².